The van der Waals surface area contributed by atoms with Crippen molar-refractivity contribution < 1.29 is 0 Å². The van der Waals surface area contributed by atoms with Crippen molar-refractivity contribution in [1.82, 2.24) is 14.5 Å². The van der Waals surface area contributed by atoms with E-state index in [1.54, 1.807) is 13.4 Å². The van der Waals surface area contributed by atoms with Crippen LogP contribution in [0.5, 0.6) is 0 Å². The van der Waals surface area contributed by atoms with E-state index < -0.39 is 0 Å². The number of likely N-dealkylation sites (N-methyl/N-ethyl adjacent to an activating group) is 1. The van der Waals surface area contributed by atoms with Crippen molar-refractivity contribution in [2.45, 2.75) is 18.9 Å². The lowest BCUT2D eigenvalue weighted by Gasteiger charge is -2.30. The highest BCUT2D eigenvalue weighted by Crippen LogP contribution is 2.22. The summed E-state index contributed by atoms with van der Waals surface area (Å²) in [5.74, 6) is 0.600. The molecule has 1 atom stereocenters. The lowest BCUT2D eigenvalue weighted by atomic mass is 10.1. The standard InChI is InChI=1S/C10H17N5O/c1-13-5-3-4-9(6-13)15-7-10(11-8-15)14(2)12-16/h7-9H,3-6H2,1-2H3. The summed E-state index contributed by atoms with van der Waals surface area (Å²) in [6.07, 6.45) is 6.03. The molecule has 0 N–H and O–H groups in total. The number of hydrogen-bond donors (Lipinski definition) is 0. The lowest BCUT2D eigenvalue weighted by molar-refractivity contribution is 0.212. The molecule has 1 saturated heterocycles. The summed E-state index contributed by atoms with van der Waals surface area (Å²) in [7, 11) is 3.73. The summed E-state index contributed by atoms with van der Waals surface area (Å²) >= 11 is 0. The molecule has 2 rings (SSSR count). The molecule has 0 amide bonds. The molecule has 2 heterocycles. The van der Waals surface area contributed by atoms with Crippen molar-refractivity contribution >= 4 is 5.82 Å². The van der Waals surface area contributed by atoms with Crippen LogP contribution in [0.1, 0.15) is 18.9 Å². The van der Waals surface area contributed by atoms with E-state index in [9.17, 15) is 4.91 Å². The summed E-state index contributed by atoms with van der Waals surface area (Å²) in [6, 6.07) is 0.458. The van der Waals surface area contributed by atoms with Crippen molar-refractivity contribution in [2.24, 2.45) is 5.29 Å². The minimum Gasteiger partial charge on any atom is -0.331 e. The molecule has 0 bridgehead atoms. The maximum atomic E-state index is 10.4. The fraction of sp³-hybridized carbons (Fsp3) is 0.700. The zero-order valence-corrected chi connectivity index (χ0v) is 9.70. The fourth-order valence-electron chi connectivity index (χ4n) is 2.12. The van der Waals surface area contributed by atoms with Crippen LogP contribution in [0.4, 0.5) is 5.82 Å². The van der Waals surface area contributed by atoms with E-state index in [1.165, 1.54) is 17.9 Å². The van der Waals surface area contributed by atoms with E-state index in [2.05, 4.69) is 26.8 Å². The Labute approximate surface area is 94.8 Å². The van der Waals surface area contributed by atoms with Gasteiger partial charge < -0.3 is 9.47 Å². The van der Waals surface area contributed by atoms with Gasteiger partial charge in [-0.25, -0.2) is 9.99 Å². The molecule has 1 aromatic heterocycles. The van der Waals surface area contributed by atoms with Crippen molar-refractivity contribution in [3.05, 3.63) is 17.4 Å². The molecule has 1 unspecified atom stereocenters. The van der Waals surface area contributed by atoms with Gasteiger partial charge in [-0.15, -0.1) is 4.91 Å². The largest absolute Gasteiger partial charge is 0.331 e. The molecule has 6 heteroatoms. The van der Waals surface area contributed by atoms with Crippen molar-refractivity contribution in [3.8, 4) is 0 Å². The molecule has 1 fully saturated rings. The van der Waals surface area contributed by atoms with Gasteiger partial charge >= 0.3 is 0 Å². The summed E-state index contributed by atoms with van der Waals surface area (Å²) in [4.78, 5) is 16.8. The second kappa shape index (κ2) is 4.61. The first-order valence-corrected chi connectivity index (χ1v) is 5.49. The second-order valence-electron chi connectivity index (χ2n) is 4.34. The minimum absolute atomic E-state index is 0.458. The zero-order chi connectivity index (χ0) is 11.5. The monoisotopic (exact) mass is 223 g/mol. The SMILES string of the molecule is CN1CCCC(n2cnc(N(C)N=O)c2)C1. The Morgan fingerprint density at radius 2 is 2.44 bits per heavy atom. The number of imidazole rings is 1. The maximum Gasteiger partial charge on any atom is 0.169 e. The zero-order valence-electron chi connectivity index (χ0n) is 9.70. The first kappa shape index (κ1) is 11.1. The summed E-state index contributed by atoms with van der Waals surface area (Å²) in [5.41, 5.74) is 0. The molecular weight excluding hydrogens is 206 g/mol. The number of anilines is 1. The molecule has 0 aromatic carbocycles. The number of hydrogen-bond acceptors (Lipinski definition) is 4. The maximum absolute atomic E-state index is 10.4. The van der Waals surface area contributed by atoms with Gasteiger partial charge in [-0.05, 0) is 26.4 Å². The number of rotatable bonds is 3. The van der Waals surface area contributed by atoms with E-state index in [-0.39, 0.29) is 0 Å². The van der Waals surface area contributed by atoms with Gasteiger partial charge in [0.15, 0.2) is 5.82 Å². The van der Waals surface area contributed by atoms with E-state index in [1.807, 2.05) is 6.20 Å². The third kappa shape index (κ3) is 2.21. The molecule has 16 heavy (non-hydrogen) atoms. The molecule has 0 aliphatic carbocycles. The predicted octanol–water partition coefficient (Wildman–Crippen LogP) is 1.27. The van der Waals surface area contributed by atoms with E-state index in [0.29, 0.717) is 11.9 Å². The van der Waals surface area contributed by atoms with Crippen LogP contribution in [-0.2, 0) is 0 Å². The van der Waals surface area contributed by atoms with Crippen LogP contribution < -0.4 is 5.01 Å². The number of piperidine rings is 1. The molecule has 1 aliphatic heterocycles. The fourth-order valence-corrected chi connectivity index (χ4v) is 2.12. The predicted molar refractivity (Wildman–Crippen MR) is 62.2 cm³/mol. The Morgan fingerprint density at radius 1 is 1.62 bits per heavy atom. The highest BCUT2D eigenvalue weighted by molar-refractivity contribution is 5.33. The smallest absolute Gasteiger partial charge is 0.169 e. The van der Waals surface area contributed by atoms with Crippen LogP contribution >= 0.6 is 0 Å². The number of aromatic nitrogens is 2. The van der Waals surface area contributed by atoms with Crippen LogP contribution in [0.15, 0.2) is 17.8 Å². The first-order valence-electron chi connectivity index (χ1n) is 5.49. The summed E-state index contributed by atoms with van der Waals surface area (Å²) < 4.78 is 2.08. The average molecular weight is 223 g/mol. The Kier molecular flexibility index (Phi) is 3.19. The summed E-state index contributed by atoms with van der Waals surface area (Å²) in [5, 5.41) is 4.07. The van der Waals surface area contributed by atoms with E-state index in [0.717, 1.165) is 13.1 Å². The number of nitrogens with zero attached hydrogens (tertiary/aromatic N) is 5. The molecule has 0 saturated carbocycles. The van der Waals surface area contributed by atoms with Crippen molar-refractivity contribution in [2.75, 3.05) is 32.2 Å². The quantitative estimate of drug-likeness (QED) is 0.572. The lowest BCUT2D eigenvalue weighted by Crippen LogP contribution is -2.33. The van der Waals surface area contributed by atoms with Gasteiger partial charge in [-0.2, -0.15) is 0 Å². The highest BCUT2D eigenvalue weighted by Gasteiger charge is 2.19. The minimum atomic E-state index is 0.458. The first-order chi connectivity index (χ1) is 7.70. The van der Waals surface area contributed by atoms with Gasteiger partial charge in [-0.1, -0.05) is 0 Å². The van der Waals surface area contributed by atoms with E-state index >= 15 is 0 Å². The Balaban J connectivity index is 2.08. The van der Waals surface area contributed by atoms with Gasteiger partial charge in [0.05, 0.1) is 11.6 Å². The van der Waals surface area contributed by atoms with Crippen LogP contribution in [0.25, 0.3) is 0 Å². The van der Waals surface area contributed by atoms with Crippen LogP contribution in [0.2, 0.25) is 0 Å². The second-order valence-corrected chi connectivity index (χ2v) is 4.34. The van der Waals surface area contributed by atoms with Gasteiger partial charge in [0.25, 0.3) is 0 Å². The molecule has 6 nitrogen and oxygen atoms in total. The van der Waals surface area contributed by atoms with Crippen molar-refractivity contribution in [3.63, 3.8) is 0 Å². The van der Waals surface area contributed by atoms with Crippen LogP contribution in [0.3, 0.4) is 0 Å². The van der Waals surface area contributed by atoms with Crippen molar-refractivity contribution in [1.29, 1.82) is 0 Å². The summed E-state index contributed by atoms with van der Waals surface area (Å²) in [6.45, 7) is 2.20. The molecule has 88 valence electrons. The van der Waals surface area contributed by atoms with Gasteiger partial charge in [0.2, 0.25) is 0 Å². The third-order valence-electron chi connectivity index (χ3n) is 3.06. The Hall–Kier alpha value is -1.43. The molecular formula is C10H17N5O. The molecule has 1 aliphatic rings. The molecule has 0 radical (unpaired) electrons. The van der Waals surface area contributed by atoms with E-state index in [4.69, 9.17) is 0 Å². The topological polar surface area (TPSA) is 53.7 Å². The third-order valence-corrected chi connectivity index (χ3v) is 3.06. The van der Waals surface area contributed by atoms with Gasteiger partial charge in [0, 0.05) is 25.8 Å². The average Bonchev–Trinajstić information content (AvgIpc) is 2.77. The van der Waals surface area contributed by atoms with Gasteiger partial charge in [-0.3, -0.25) is 0 Å². The van der Waals surface area contributed by atoms with Crippen LogP contribution in [0, 0.1) is 4.91 Å². The molecule has 1 aromatic rings. The normalized spacial score (nSPS) is 22.0. The molecule has 0 spiro atoms. The Bertz CT molecular complexity index is 364. The van der Waals surface area contributed by atoms with Gasteiger partial charge in [0.1, 0.15) is 0 Å². The number of nitroso groups, excluding NO2 is 1. The number of likely N-dealkylation sites (tertiary alicyclic amines) is 1. The Morgan fingerprint density at radius 3 is 3.12 bits per heavy atom. The van der Waals surface area contributed by atoms with Crippen LogP contribution in [-0.4, -0.2) is 41.6 Å². The highest BCUT2D eigenvalue weighted by atomic mass is 16.3.